The third-order valence-electron chi connectivity index (χ3n) is 2.51. The lowest BCUT2D eigenvalue weighted by atomic mass is 10.3. The van der Waals surface area contributed by atoms with E-state index < -0.39 is 0 Å². The summed E-state index contributed by atoms with van der Waals surface area (Å²) in [5.74, 6) is 1.01. The highest BCUT2D eigenvalue weighted by Gasteiger charge is 2.04. The monoisotopic (exact) mass is 311 g/mol. The molecule has 0 bridgehead atoms. The molecular formula is C14H15Cl2N3O. The molecule has 2 rings (SSSR count). The van der Waals surface area contributed by atoms with E-state index in [9.17, 15) is 0 Å². The molecule has 0 spiro atoms. The van der Waals surface area contributed by atoms with Crippen molar-refractivity contribution in [2.45, 2.75) is 19.9 Å². The quantitative estimate of drug-likeness (QED) is 0.817. The Kier molecular flexibility index (Phi) is 5.59. The first-order valence-electron chi connectivity index (χ1n) is 6.33. The summed E-state index contributed by atoms with van der Waals surface area (Å²) in [4.78, 5) is 8.48. The van der Waals surface area contributed by atoms with E-state index in [0.717, 1.165) is 18.7 Å². The van der Waals surface area contributed by atoms with Crippen LogP contribution in [0.15, 0.2) is 30.6 Å². The lowest BCUT2D eigenvalue weighted by Gasteiger charge is -2.07. The van der Waals surface area contributed by atoms with E-state index >= 15 is 0 Å². The van der Waals surface area contributed by atoms with Gasteiger partial charge in [-0.05, 0) is 25.1 Å². The van der Waals surface area contributed by atoms with Gasteiger partial charge in [0.25, 0.3) is 0 Å². The van der Waals surface area contributed by atoms with Crippen LogP contribution in [0.2, 0.25) is 10.0 Å². The van der Waals surface area contributed by atoms with Gasteiger partial charge in [0, 0.05) is 18.8 Å². The number of benzene rings is 1. The highest BCUT2D eigenvalue weighted by Crippen LogP contribution is 2.28. The Labute approximate surface area is 128 Å². The summed E-state index contributed by atoms with van der Waals surface area (Å²) in [6, 6.07) is 5.06. The van der Waals surface area contributed by atoms with Gasteiger partial charge >= 0.3 is 0 Å². The second kappa shape index (κ2) is 7.43. The van der Waals surface area contributed by atoms with E-state index in [0.29, 0.717) is 28.2 Å². The molecule has 0 aliphatic heterocycles. The molecule has 6 heteroatoms. The van der Waals surface area contributed by atoms with E-state index in [4.69, 9.17) is 27.9 Å². The fraction of sp³-hybridized carbons (Fsp3) is 0.286. The largest absolute Gasteiger partial charge is 0.437 e. The van der Waals surface area contributed by atoms with Crippen LogP contribution in [0.1, 0.15) is 19.0 Å². The van der Waals surface area contributed by atoms with Gasteiger partial charge in [-0.2, -0.15) is 0 Å². The van der Waals surface area contributed by atoms with Crippen LogP contribution in [0.4, 0.5) is 0 Å². The molecule has 0 saturated heterocycles. The fourth-order valence-corrected chi connectivity index (χ4v) is 1.86. The van der Waals surface area contributed by atoms with Gasteiger partial charge in [0.05, 0.1) is 21.9 Å². The average Bonchev–Trinajstić information content (AvgIpc) is 2.44. The number of aromatic nitrogens is 2. The van der Waals surface area contributed by atoms with Gasteiger partial charge in [-0.15, -0.1) is 0 Å². The molecule has 1 N–H and O–H groups in total. The molecule has 0 saturated carbocycles. The van der Waals surface area contributed by atoms with Crippen molar-refractivity contribution < 1.29 is 4.74 Å². The molecule has 0 atom stereocenters. The topological polar surface area (TPSA) is 47.0 Å². The summed E-state index contributed by atoms with van der Waals surface area (Å²) < 4.78 is 5.62. The Morgan fingerprint density at radius 3 is 2.80 bits per heavy atom. The molecule has 106 valence electrons. The minimum absolute atomic E-state index is 0.430. The first-order chi connectivity index (χ1) is 9.69. The zero-order valence-electron chi connectivity index (χ0n) is 11.1. The van der Waals surface area contributed by atoms with E-state index in [1.165, 1.54) is 0 Å². The number of halogens is 2. The van der Waals surface area contributed by atoms with Gasteiger partial charge in [-0.1, -0.05) is 30.1 Å². The number of nitrogens with zero attached hydrogens (tertiary/aromatic N) is 2. The van der Waals surface area contributed by atoms with E-state index in [-0.39, 0.29) is 0 Å². The standard InChI is InChI=1S/C14H15Cl2N3O/c1-2-5-17-7-10-8-18-9-14(19-10)20-11-3-4-12(15)13(16)6-11/h3-4,6,8-9,17H,2,5,7H2,1H3. The number of hydrogen-bond acceptors (Lipinski definition) is 4. The molecular weight excluding hydrogens is 297 g/mol. The van der Waals surface area contributed by atoms with Gasteiger partial charge < -0.3 is 10.1 Å². The molecule has 1 heterocycles. The van der Waals surface area contributed by atoms with Crippen molar-refractivity contribution in [3.63, 3.8) is 0 Å². The summed E-state index contributed by atoms with van der Waals surface area (Å²) in [5.41, 5.74) is 0.830. The van der Waals surface area contributed by atoms with Gasteiger partial charge in [0.2, 0.25) is 5.88 Å². The van der Waals surface area contributed by atoms with Crippen molar-refractivity contribution in [3.05, 3.63) is 46.3 Å². The van der Waals surface area contributed by atoms with Crippen LogP contribution in [-0.2, 0) is 6.54 Å². The van der Waals surface area contributed by atoms with Gasteiger partial charge in [-0.3, -0.25) is 4.98 Å². The highest BCUT2D eigenvalue weighted by molar-refractivity contribution is 6.42. The lowest BCUT2D eigenvalue weighted by Crippen LogP contribution is -2.15. The summed E-state index contributed by atoms with van der Waals surface area (Å²) in [6.45, 7) is 3.72. The number of rotatable bonds is 6. The molecule has 2 aromatic rings. The highest BCUT2D eigenvalue weighted by atomic mass is 35.5. The van der Waals surface area contributed by atoms with Gasteiger partial charge in [0.1, 0.15) is 5.75 Å². The van der Waals surface area contributed by atoms with E-state index in [1.807, 2.05) is 0 Å². The van der Waals surface area contributed by atoms with Crippen molar-refractivity contribution in [1.29, 1.82) is 0 Å². The normalized spacial score (nSPS) is 10.6. The van der Waals surface area contributed by atoms with Crippen molar-refractivity contribution in [3.8, 4) is 11.6 Å². The molecule has 0 unspecified atom stereocenters. The maximum atomic E-state index is 5.94. The van der Waals surface area contributed by atoms with Crippen LogP contribution in [0, 0.1) is 0 Å². The van der Waals surface area contributed by atoms with Crippen LogP contribution in [-0.4, -0.2) is 16.5 Å². The zero-order valence-corrected chi connectivity index (χ0v) is 12.6. The summed E-state index contributed by atoms with van der Waals surface area (Å²) in [5, 5.41) is 4.19. The average molecular weight is 312 g/mol. The molecule has 0 aliphatic carbocycles. The molecule has 4 nitrogen and oxygen atoms in total. The Balaban J connectivity index is 2.05. The summed E-state index contributed by atoms with van der Waals surface area (Å²) >= 11 is 11.8. The second-order valence-electron chi connectivity index (χ2n) is 4.20. The molecule has 0 amide bonds. The molecule has 0 radical (unpaired) electrons. The Morgan fingerprint density at radius 2 is 2.05 bits per heavy atom. The SMILES string of the molecule is CCCNCc1cncc(Oc2ccc(Cl)c(Cl)c2)n1. The lowest BCUT2D eigenvalue weighted by molar-refractivity contribution is 0.456. The molecule has 1 aromatic carbocycles. The summed E-state index contributed by atoms with van der Waals surface area (Å²) in [6.07, 6.45) is 4.35. The minimum atomic E-state index is 0.430. The second-order valence-corrected chi connectivity index (χ2v) is 5.02. The van der Waals surface area contributed by atoms with Crippen LogP contribution in [0.3, 0.4) is 0 Å². The zero-order chi connectivity index (χ0) is 14.4. The smallest absolute Gasteiger partial charge is 0.238 e. The number of ether oxygens (including phenoxy) is 1. The predicted octanol–water partition coefficient (Wildman–Crippen LogP) is 4.08. The third-order valence-corrected chi connectivity index (χ3v) is 3.25. The Morgan fingerprint density at radius 1 is 1.20 bits per heavy atom. The third kappa shape index (κ3) is 4.34. The number of nitrogens with one attached hydrogen (secondary N) is 1. The summed E-state index contributed by atoms with van der Waals surface area (Å²) in [7, 11) is 0. The fourth-order valence-electron chi connectivity index (χ4n) is 1.58. The molecule has 20 heavy (non-hydrogen) atoms. The molecule has 1 aromatic heterocycles. The maximum Gasteiger partial charge on any atom is 0.238 e. The van der Waals surface area contributed by atoms with E-state index in [1.54, 1.807) is 30.6 Å². The minimum Gasteiger partial charge on any atom is -0.437 e. The first-order valence-corrected chi connectivity index (χ1v) is 7.09. The number of hydrogen-bond donors (Lipinski definition) is 1. The van der Waals surface area contributed by atoms with Crippen LogP contribution in [0.5, 0.6) is 11.6 Å². The van der Waals surface area contributed by atoms with Crippen molar-refractivity contribution in [2.24, 2.45) is 0 Å². The van der Waals surface area contributed by atoms with Gasteiger partial charge in [-0.25, -0.2) is 4.98 Å². The van der Waals surface area contributed by atoms with Crippen LogP contribution < -0.4 is 10.1 Å². The van der Waals surface area contributed by atoms with Gasteiger partial charge in [0.15, 0.2) is 0 Å². The first kappa shape index (κ1) is 15.0. The van der Waals surface area contributed by atoms with Crippen LogP contribution in [0.25, 0.3) is 0 Å². The van der Waals surface area contributed by atoms with Crippen molar-refractivity contribution in [2.75, 3.05) is 6.54 Å². The van der Waals surface area contributed by atoms with Crippen molar-refractivity contribution >= 4 is 23.2 Å². The molecule has 0 fully saturated rings. The van der Waals surface area contributed by atoms with Crippen molar-refractivity contribution in [1.82, 2.24) is 15.3 Å². The van der Waals surface area contributed by atoms with E-state index in [2.05, 4.69) is 22.2 Å². The Hall–Kier alpha value is -1.36. The molecule has 0 aliphatic rings. The maximum absolute atomic E-state index is 5.94. The van der Waals surface area contributed by atoms with Crippen LogP contribution >= 0.6 is 23.2 Å². The predicted molar refractivity (Wildman–Crippen MR) is 80.6 cm³/mol. The Bertz CT molecular complexity index is 578.